The second kappa shape index (κ2) is 5.63. The maximum atomic E-state index is 11.0. The SMILES string of the molecule is O=C(O)C[C@@H]1CCNC[C@@H]1Cc1nc2ccccc2[nH]1. The highest BCUT2D eigenvalue weighted by Crippen LogP contribution is 2.26. The predicted molar refractivity (Wildman–Crippen MR) is 76.5 cm³/mol. The Hall–Kier alpha value is -1.88. The minimum absolute atomic E-state index is 0.238. The van der Waals surface area contributed by atoms with Crippen molar-refractivity contribution in [2.75, 3.05) is 13.1 Å². The number of aromatic amines is 1. The van der Waals surface area contributed by atoms with Crippen molar-refractivity contribution in [1.82, 2.24) is 15.3 Å². The quantitative estimate of drug-likeness (QED) is 0.794. The smallest absolute Gasteiger partial charge is 0.303 e. The minimum Gasteiger partial charge on any atom is -0.481 e. The number of imidazole rings is 1. The Balaban J connectivity index is 1.75. The fourth-order valence-corrected chi connectivity index (χ4v) is 3.06. The standard InChI is InChI=1S/C15H19N3O2/c19-15(20)8-10-5-6-16-9-11(10)7-14-17-12-3-1-2-4-13(12)18-14/h1-4,10-11,16H,5-9H2,(H,17,18)(H,19,20)/t10-,11-/m0/s1. The molecular weight excluding hydrogens is 254 g/mol. The molecule has 5 nitrogen and oxygen atoms in total. The molecule has 20 heavy (non-hydrogen) atoms. The van der Waals surface area contributed by atoms with Gasteiger partial charge in [0, 0.05) is 12.8 Å². The summed E-state index contributed by atoms with van der Waals surface area (Å²) >= 11 is 0. The number of carbonyl (C=O) groups is 1. The molecule has 1 aromatic heterocycles. The molecule has 2 heterocycles. The van der Waals surface area contributed by atoms with E-state index in [1.807, 2.05) is 24.3 Å². The van der Waals surface area contributed by atoms with Crippen LogP contribution in [0.2, 0.25) is 0 Å². The largest absolute Gasteiger partial charge is 0.481 e. The number of hydrogen-bond acceptors (Lipinski definition) is 3. The summed E-state index contributed by atoms with van der Waals surface area (Å²) in [7, 11) is 0. The number of rotatable bonds is 4. The molecule has 3 rings (SSSR count). The normalized spacial score (nSPS) is 23.0. The number of carboxylic acids is 1. The Morgan fingerprint density at radius 1 is 1.35 bits per heavy atom. The summed E-state index contributed by atoms with van der Waals surface area (Å²) in [4.78, 5) is 18.9. The van der Waals surface area contributed by atoms with E-state index in [2.05, 4.69) is 15.3 Å². The molecule has 1 aliphatic rings. The average molecular weight is 273 g/mol. The Morgan fingerprint density at radius 3 is 3.00 bits per heavy atom. The van der Waals surface area contributed by atoms with Gasteiger partial charge in [-0.15, -0.1) is 0 Å². The molecule has 0 aliphatic carbocycles. The van der Waals surface area contributed by atoms with E-state index in [4.69, 9.17) is 5.11 Å². The highest BCUT2D eigenvalue weighted by atomic mass is 16.4. The Labute approximate surface area is 117 Å². The number of para-hydroxylation sites is 2. The van der Waals surface area contributed by atoms with Crippen molar-refractivity contribution in [3.05, 3.63) is 30.1 Å². The van der Waals surface area contributed by atoms with Crippen LogP contribution in [0.15, 0.2) is 24.3 Å². The van der Waals surface area contributed by atoms with Crippen LogP contribution in [-0.4, -0.2) is 34.1 Å². The first-order valence-electron chi connectivity index (χ1n) is 7.08. The number of nitrogens with one attached hydrogen (secondary N) is 2. The average Bonchev–Trinajstić information content (AvgIpc) is 2.82. The lowest BCUT2D eigenvalue weighted by Gasteiger charge is -2.30. The van der Waals surface area contributed by atoms with Crippen LogP contribution in [0.25, 0.3) is 11.0 Å². The fraction of sp³-hybridized carbons (Fsp3) is 0.467. The summed E-state index contributed by atoms with van der Waals surface area (Å²) < 4.78 is 0. The number of piperidine rings is 1. The van der Waals surface area contributed by atoms with Crippen molar-refractivity contribution in [3.63, 3.8) is 0 Å². The molecular formula is C15H19N3O2. The number of carboxylic acid groups (broad SMARTS) is 1. The molecule has 0 radical (unpaired) electrons. The van der Waals surface area contributed by atoms with Crippen molar-refractivity contribution in [2.24, 2.45) is 11.8 Å². The van der Waals surface area contributed by atoms with Crippen molar-refractivity contribution in [3.8, 4) is 0 Å². The van der Waals surface area contributed by atoms with Crippen LogP contribution in [-0.2, 0) is 11.2 Å². The number of nitrogens with zero attached hydrogens (tertiary/aromatic N) is 1. The van der Waals surface area contributed by atoms with Crippen LogP contribution in [0.1, 0.15) is 18.7 Å². The second-order valence-corrected chi connectivity index (χ2v) is 5.52. The molecule has 0 bridgehead atoms. The number of benzene rings is 1. The molecule has 1 aromatic carbocycles. The van der Waals surface area contributed by atoms with E-state index in [0.717, 1.165) is 42.8 Å². The molecule has 0 unspecified atom stereocenters. The van der Waals surface area contributed by atoms with Crippen LogP contribution in [0, 0.1) is 11.8 Å². The maximum absolute atomic E-state index is 11.0. The summed E-state index contributed by atoms with van der Waals surface area (Å²) in [5.41, 5.74) is 2.02. The lowest BCUT2D eigenvalue weighted by molar-refractivity contribution is -0.138. The summed E-state index contributed by atoms with van der Waals surface area (Å²) in [5.74, 6) is 0.823. The Morgan fingerprint density at radius 2 is 2.20 bits per heavy atom. The number of fused-ring (bicyclic) bond motifs is 1. The van der Waals surface area contributed by atoms with Gasteiger partial charge in [-0.05, 0) is 43.5 Å². The molecule has 5 heteroatoms. The molecule has 0 saturated carbocycles. The van der Waals surface area contributed by atoms with E-state index in [1.54, 1.807) is 0 Å². The van der Waals surface area contributed by atoms with E-state index >= 15 is 0 Å². The second-order valence-electron chi connectivity index (χ2n) is 5.52. The molecule has 1 aliphatic heterocycles. The van der Waals surface area contributed by atoms with Gasteiger partial charge in [0.1, 0.15) is 5.82 Å². The monoisotopic (exact) mass is 273 g/mol. The van der Waals surface area contributed by atoms with E-state index in [9.17, 15) is 4.79 Å². The van der Waals surface area contributed by atoms with E-state index in [-0.39, 0.29) is 12.3 Å². The Kier molecular flexibility index (Phi) is 3.69. The lowest BCUT2D eigenvalue weighted by Crippen LogP contribution is -2.38. The summed E-state index contributed by atoms with van der Waals surface area (Å²) in [6.45, 7) is 1.78. The van der Waals surface area contributed by atoms with E-state index < -0.39 is 5.97 Å². The summed E-state index contributed by atoms with van der Waals surface area (Å²) in [6.07, 6.45) is 1.99. The van der Waals surface area contributed by atoms with Gasteiger partial charge in [-0.2, -0.15) is 0 Å². The zero-order valence-corrected chi connectivity index (χ0v) is 11.3. The van der Waals surface area contributed by atoms with Crippen molar-refractivity contribution in [2.45, 2.75) is 19.3 Å². The first-order valence-corrected chi connectivity index (χ1v) is 7.08. The zero-order valence-electron chi connectivity index (χ0n) is 11.3. The number of H-pyrrole nitrogens is 1. The van der Waals surface area contributed by atoms with Gasteiger partial charge < -0.3 is 15.4 Å². The molecule has 1 saturated heterocycles. The van der Waals surface area contributed by atoms with Gasteiger partial charge in [-0.1, -0.05) is 12.1 Å². The van der Waals surface area contributed by atoms with Gasteiger partial charge >= 0.3 is 5.97 Å². The van der Waals surface area contributed by atoms with Crippen LogP contribution in [0.3, 0.4) is 0 Å². The summed E-state index contributed by atoms with van der Waals surface area (Å²) in [6, 6.07) is 7.96. The van der Waals surface area contributed by atoms with Crippen LogP contribution < -0.4 is 5.32 Å². The highest BCUT2D eigenvalue weighted by Gasteiger charge is 2.27. The van der Waals surface area contributed by atoms with Crippen LogP contribution >= 0.6 is 0 Å². The molecule has 2 aromatic rings. The topological polar surface area (TPSA) is 78.0 Å². The van der Waals surface area contributed by atoms with Crippen molar-refractivity contribution >= 4 is 17.0 Å². The molecule has 0 amide bonds. The molecule has 0 spiro atoms. The van der Waals surface area contributed by atoms with Gasteiger partial charge in [0.15, 0.2) is 0 Å². The zero-order chi connectivity index (χ0) is 13.9. The molecule has 2 atom stereocenters. The molecule has 106 valence electrons. The van der Waals surface area contributed by atoms with Crippen molar-refractivity contribution < 1.29 is 9.90 Å². The van der Waals surface area contributed by atoms with Crippen LogP contribution in [0.5, 0.6) is 0 Å². The lowest BCUT2D eigenvalue weighted by atomic mass is 9.82. The third-order valence-electron chi connectivity index (χ3n) is 4.10. The Bertz CT molecular complexity index is 575. The summed E-state index contributed by atoms with van der Waals surface area (Å²) in [5, 5.41) is 12.4. The molecule has 1 fully saturated rings. The minimum atomic E-state index is -0.702. The maximum Gasteiger partial charge on any atom is 0.303 e. The number of aliphatic carboxylic acids is 1. The molecule has 3 N–H and O–H groups in total. The van der Waals surface area contributed by atoms with E-state index in [0.29, 0.717) is 5.92 Å². The van der Waals surface area contributed by atoms with Crippen molar-refractivity contribution in [1.29, 1.82) is 0 Å². The van der Waals surface area contributed by atoms with Gasteiger partial charge in [-0.25, -0.2) is 4.98 Å². The third-order valence-corrected chi connectivity index (χ3v) is 4.10. The predicted octanol–water partition coefficient (Wildman–Crippen LogP) is 1.81. The number of hydrogen-bond donors (Lipinski definition) is 3. The van der Waals surface area contributed by atoms with Gasteiger partial charge in [0.25, 0.3) is 0 Å². The van der Waals surface area contributed by atoms with E-state index in [1.165, 1.54) is 0 Å². The van der Waals surface area contributed by atoms with Gasteiger partial charge in [0.05, 0.1) is 11.0 Å². The number of aromatic nitrogens is 2. The third kappa shape index (κ3) is 2.82. The fourth-order valence-electron chi connectivity index (χ4n) is 3.06. The van der Waals surface area contributed by atoms with Gasteiger partial charge in [0.2, 0.25) is 0 Å². The van der Waals surface area contributed by atoms with Gasteiger partial charge in [-0.3, -0.25) is 4.79 Å². The highest BCUT2D eigenvalue weighted by molar-refractivity contribution is 5.74. The first-order chi connectivity index (χ1) is 9.72. The first kappa shape index (κ1) is 13.1. The van der Waals surface area contributed by atoms with Crippen LogP contribution in [0.4, 0.5) is 0 Å².